The molecule has 0 fully saturated rings. The van der Waals surface area contributed by atoms with Gasteiger partial charge in [0.25, 0.3) is 10.0 Å². The molecule has 24 heavy (non-hydrogen) atoms. The van der Waals surface area contributed by atoms with Gasteiger partial charge in [-0.1, -0.05) is 59.3 Å². The highest BCUT2D eigenvalue weighted by Gasteiger charge is 2.17. The van der Waals surface area contributed by atoms with Crippen LogP contribution < -0.4 is 4.80 Å². The number of aldehydes is 1. The van der Waals surface area contributed by atoms with Crippen LogP contribution in [0.4, 0.5) is 0 Å². The van der Waals surface area contributed by atoms with Gasteiger partial charge in [-0.2, -0.15) is 8.42 Å². The van der Waals surface area contributed by atoms with E-state index in [9.17, 15) is 13.2 Å². The van der Waals surface area contributed by atoms with Crippen LogP contribution in [-0.2, 0) is 10.0 Å². The van der Waals surface area contributed by atoms with E-state index in [4.69, 9.17) is 11.6 Å². The van der Waals surface area contributed by atoms with Gasteiger partial charge in [0.15, 0.2) is 6.29 Å². The average molecular weight is 379 g/mol. The van der Waals surface area contributed by atoms with Gasteiger partial charge in [0.05, 0.1) is 4.90 Å². The summed E-state index contributed by atoms with van der Waals surface area (Å²) in [5.74, 6) is 0. The Labute approximate surface area is 147 Å². The van der Waals surface area contributed by atoms with Crippen LogP contribution in [0.5, 0.6) is 0 Å². The van der Waals surface area contributed by atoms with Gasteiger partial charge in [-0.3, -0.25) is 9.36 Å². The van der Waals surface area contributed by atoms with Gasteiger partial charge in [-0.25, -0.2) is 0 Å². The van der Waals surface area contributed by atoms with Crippen LogP contribution in [0.3, 0.4) is 0 Å². The largest absolute Gasteiger partial charge is 0.297 e. The van der Waals surface area contributed by atoms with Crippen molar-refractivity contribution in [1.82, 2.24) is 4.57 Å². The predicted octanol–water partition coefficient (Wildman–Crippen LogP) is 3.29. The number of thiazole rings is 1. The van der Waals surface area contributed by atoms with Crippen molar-refractivity contribution in [2.45, 2.75) is 4.90 Å². The van der Waals surface area contributed by atoms with Crippen LogP contribution >= 0.6 is 22.9 Å². The van der Waals surface area contributed by atoms with Crippen molar-refractivity contribution < 1.29 is 13.2 Å². The third-order valence-electron chi connectivity index (χ3n) is 3.15. The number of halogens is 1. The summed E-state index contributed by atoms with van der Waals surface area (Å²) < 4.78 is 30.3. The van der Waals surface area contributed by atoms with Crippen molar-refractivity contribution in [3.63, 3.8) is 0 Å². The quantitative estimate of drug-likeness (QED) is 0.654. The van der Waals surface area contributed by atoms with E-state index in [1.54, 1.807) is 42.5 Å². The molecule has 2 aromatic carbocycles. The maximum Gasteiger partial charge on any atom is 0.285 e. The Morgan fingerprint density at radius 3 is 2.17 bits per heavy atom. The minimum absolute atomic E-state index is 0.0711. The zero-order valence-electron chi connectivity index (χ0n) is 12.2. The van der Waals surface area contributed by atoms with E-state index in [2.05, 4.69) is 4.40 Å². The molecule has 1 heterocycles. The Morgan fingerprint density at radius 2 is 1.58 bits per heavy atom. The Balaban J connectivity index is 2.27. The summed E-state index contributed by atoms with van der Waals surface area (Å²) in [6.45, 7) is 0. The average Bonchev–Trinajstić information content (AvgIpc) is 2.91. The van der Waals surface area contributed by atoms with Gasteiger partial charge in [0.2, 0.25) is 4.80 Å². The first-order chi connectivity index (χ1) is 11.5. The Hall–Kier alpha value is -2.22. The highest BCUT2D eigenvalue weighted by atomic mass is 35.5. The minimum atomic E-state index is -3.92. The summed E-state index contributed by atoms with van der Waals surface area (Å²) in [4.78, 5) is 11.6. The van der Waals surface area contributed by atoms with Crippen LogP contribution in [0.25, 0.3) is 5.69 Å². The molecule has 0 unspecified atom stereocenters. The van der Waals surface area contributed by atoms with Crippen molar-refractivity contribution in [2.24, 2.45) is 4.40 Å². The number of aromatic nitrogens is 1. The molecule has 0 N–H and O–H groups in total. The minimum Gasteiger partial charge on any atom is -0.297 e. The van der Waals surface area contributed by atoms with Crippen LogP contribution in [0, 0.1) is 0 Å². The predicted molar refractivity (Wildman–Crippen MR) is 93.2 cm³/mol. The van der Waals surface area contributed by atoms with Crippen molar-refractivity contribution in [2.75, 3.05) is 0 Å². The molecule has 0 saturated heterocycles. The fourth-order valence-electron chi connectivity index (χ4n) is 2.06. The zero-order chi connectivity index (χ0) is 17.2. The fraction of sp³-hybridized carbons (Fsp3) is 0. The maximum atomic E-state index is 12.5. The molecule has 0 aliphatic heterocycles. The van der Waals surface area contributed by atoms with Crippen molar-refractivity contribution in [3.05, 3.63) is 75.5 Å². The molecule has 5 nitrogen and oxygen atoms in total. The summed E-state index contributed by atoms with van der Waals surface area (Å²) in [6, 6.07) is 16.8. The lowest BCUT2D eigenvalue weighted by Crippen LogP contribution is -2.15. The monoisotopic (exact) mass is 378 g/mol. The first-order valence-corrected chi connectivity index (χ1v) is 9.44. The van der Waals surface area contributed by atoms with Gasteiger partial charge in [0, 0.05) is 5.69 Å². The SMILES string of the molecule is O=Cc1s/c(=N/S(=O)(=O)c2ccccc2)n(-c2ccccc2)c1Cl. The second kappa shape index (κ2) is 6.72. The molecule has 0 radical (unpaired) electrons. The summed E-state index contributed by atoms with van der Waals surface area (Å²) in [5, 5.41) is 0.128. The van der Waals surface area contributed by atoms with Crippen molar-refractivity contribution >= 4 is 39.2 Å². The highest BCUT2D eigenvalue weighted by Crippen LogP contribution is 2.22. The first kappa shape index (κ1) is 16.6. The van der Waals surface area contributed by atoms with E-state index in [0.29, 0.717) is 12.0 Å². The van der Waals surface area contributed by atoms with E-state index < -0.39 is 10.0 Å². The molecule has 3 aromatic rings. The number of sulfonamides is 1. The number of carbonyl (C=O) groups excluding carboxylic acids is 1. The maximum absolute atomic E-state index is 12.5. The standard InChI is InChI=1S/C16H11ClN2O3S2/c17-15-14(11-20)23-16(19(15)12-7-3-1-4-8-12)18-24(21,22)13-9-5-2-6-10-13/h1-11H/b18-16+. The molecule has 0 bridgehead atoms. The molecule has 0 aliphatic carbocycles. The summed E-state index contributed by atoms with van der Waals surface area (Å²) in [5.41, 5.74) is 0.619. The normalized spacial score (nSPS) is 12.3. The molecule has 1 aromatic heterocycles. The molecule has 0 amide bonds. The van der Waals surface area contributed by atoms with Gasteiger partial charge in [-0.05, 0) is 24.3 Å². The molecular formula is C16H11ClN2O3S2. The van der Waals surface area contributed by atoms with Gasteiger partial charge >= 0.3 is 0 Å². The van der Waals surface area contributed by atoms with E-state index in [0.717, 1.165) is 11.3 Å². The molecule has 122 valence electrons. The topological polar surface area (TPSA) is 68.5 Å². The number of rotatable bonds is 4. The molecule has 8 heteroatoms. The molecule has 0 saturated carbocycles. The van der Waals surface area contributed by atoms with E-state index in [1.165, 1.54) is 16.7 Å². The van der Waals surface area contributed by atoms with Gasteiger partial charge in [0.1, 0.15) is 10.0 Å². The third-order valence-corrected chi connectivity index (χ3v) is 6.00. The lowest BCUT2D eigenvalue weighted by Gasteiger charge is -2.04. The number of para-hydroxylation sites is 1. The van der Waals surface area contributed by atoms with Crippen molar-refractivity contribution in [3.8, 4) is 5.69 Å². The fourth-order valence-corrected chi connectivity index (χ4v) is 4.49. The second-order valence-corrected chi connectivity index (χ2v) is 7.68. The molecule has 3 rings (SSSR count). The van der Waals surface area contributed by atoms with Crippen LogP contribution in [-0.4, -0.2) is 19.3 Å². The Bertz CT molecular complexity index is 1040. The van der Waals surface area contributed by atoms with E-state index in [-0.39, 0.29) is 19.7 Å². The lowest BCUT2D eigenvalue weighted by atomic mass is 10.3. The van der Waals surface area contributed by atoms with Gasteiger partial charge < -0.3 is 0 Å². The Morgan fingerprint density at radius 1 is 1.00 bits per heavy atom. The number of benzene rings is 2. The van der Waals surface area contributed by atoms with Crippen LogP contribution in [0.1, 0.15) is 9.67 Å². The summed E-state index contributed by atoms with van der Waals surface area (Å²) in [6.07, 6.45) is 0.584. The summed E-state index contributed by atoms with van der Waals surface area (Å²) in [7, 11) is -3.92. The number of carbonyl (C=O) groups is 1. The van der Waals surface area contributed by atoms with Crippen molar-refractivity contribution in [1.29, 1.82) is 0 Å². The van der Waals surface area contributed by atoms with Crippen LogP contribution in [0.15, 0.2) is 70.0 Å². The molecular weight excluding hydrogens is 368 g/mol. The van der Waals surface area contributed by atoms with E-state index in [1.807, 2.05) is 6.07 Å². The highest BCUT2D eigenvalue weighted by molar-refractivity contribution is 7.90. The number of hydrogen-bond acceptors (Lipinski definition) is 4. The Kier molecular flexibility index (Phi) is 4.66. The van der Waals surface area contributed by atoms with Gasteiger partial charge in [-0.15, -0.1) is 4.40 Å². The number of hydrogen-bond donors (Lipinski definition) is 0. The summed E-state index contributed by atoms with van der Waals surface area (Å²) >= 11 is 7.15. The smallest absolute Gasteiger partial charge is 0.285 e. The van der Waals surface area contributed by atoms with E-state index >= 15 is 0 Å². The third kappa shape index (κ3) is 3.19. The molecule has 0 atom stereocenters. The number of nitrogens with zero attached hydrogens (tertiary/aromatic N) is 2. The lowest BCUT2D eigenvalue weighted by molar-refractivity contribution is 0.112. The zero-order valence-corrected chi connectivity index (χ0v) is 14.6. The molecule has 0 spiro atoms. The second-order valence-electron chi connectivity index (χ2n) is 4.71. The van der Waals surface area contributed by atoms with Crippen LogP contribution in [0.2, 0.25) is 5.15 Å². The first-order valence-electron chi connectivity index (χ1n) is 6.81. The molecule has 0 aliphatic rings.